The van der Waals surface area contributed by atoms with Crippen molar-refractivity contribution in [1.29, 1.82) is 0 Å². The van der Waals surface area contributed by atoms with Crippen LogP contribution in [0.4, 0.5) is 0 Å². The highest BCUT2D eigenvalue weighted by Gasteiger charge is 2.09. The van der Waals surface area contributed by atoms with Crippen molar-refractivity contribution in [3.8, 4) is 0 Å². The number of amides is 1. The molecular weight excluding hydrogens is 232 g/mol. The van der Waals surface area contributed by atoms with Crippen LogP contribution in [0.15, 0.2) is 0 Å². The fourth-order valence-electron chi connectivity index (χ4n) is 1.10. The Kier molecular flexibility index (Phi) is 7.28. The third-order valence-corrected chi connectivity index (χ3v) is 2.16. The van der Waals surface area contributed by atoms with Gasteiger partial charge in [-0.3, -0.25) is 4.79 Å². The standard InChI is InChI=1S/C9H19BrN2O/c1-4-8(7-12(2)3)11-9(13)5-6-10/h8H,4-7H2,1-3H3,(H,11,13). The first kappa shape index (κ1) is 12.9. The number of hydrogen-bond acceptors (Lipinski definition) is 2. The summed E-state index contributed by atoms with van der Waals surface area (Å²) >= 11 is 3.24. The molecule has 78 valence electrons. The Morgan fingerprint density at radius 3 is 2.54 bits per heavy atom. The Bertz CT molecular complexity index is 151. The smallest absolute Gasteiger partial charge is 0.221 e. The van der Waals surface area contributed by atoms with Gasteiger partial charge in [0.05, 0.1) is 0 Å². The van der Waals surface area contributed by atoms with Crippen LogP contribution < -0.4 is 5.32 Å². The molecule has 0 aromatic carbocycles. The molecule has 0 bridgehead atoms. The van der Waals surface area contributed by atoms with Gasteiger partial charge in [-0.2, -0.15) is 0 Å². The van der Waals surface area contributed by atoms with Crippen molar-refractivity contribution >= 4 is 21.8 Å². The van der Waals surface area contributed by atoms with Gasteiger partial charge in [0.2, 0.25) is 5.91 Å². The highest BCUT2D eigenvalue weighted by atomic mass is 79.9. The molecule has 0 fully saturated rings. The van der Waals surface area contributed by atoms with Crippen LogP contribution in [0.1, 0.15) is 19.8 Å². The number of halogens is 1. The summed E-state index contributed by atoms with van der Waals surface area (Å²) in [6.45, 7) is 2.99. The predicted molar refractivity (Wildman–Crippen MR) is 59.2 cm³/mol. The van der Waals surface area contributed by atoms with E-state index >= 15 is 0 Å². The summed E-state index contributed by atoms with van der Waals surface area (Å²) in [5.74, 6) is 0.130. The van der Waals surface area contributed by atoms with E-state index in [1.165, 1.54) is 0 Å². The fraction of sp³-hybridized carbons (Fsp3) is 0.889. The summed E-state index contributed by atoms with van der Waals surface area (Å²) in [5, 5.41) is 3.72. The van der Waals surface area contributed by atoms with Crippen LogP contribution in [-0.2, 0) is 4.79 Å². The quantitative estimate of drug-likeness (QED) is 0.720. The number of alkyl halides is 1. The van der Waals surface area contributed by atoms with Gasteiger partial charge in [-0.15, -0.1) is 0 Å². The molecule has 1 N–H and O–H groups in total. The second kappa shape index (κ2) is 7.33. The van der Waals surface area contributed by atoms with Gasteiger partial charge in [0.1, 0.15) is 0 Å². The first-order valence-corrected chi connectivity index (χ1v) is 5.72. The molecule has 1 amide bonds. The Labute approximate surface area is 89.0 Å². The number of carbonyl (C=O) groups excluding carboxylic acids is 1. The minimum absolute atomic E-state index is 0.130. The number of carbonyl (C=O) groups is 1. The lowest BCUT2D eigenvalue weighted by molar-refractivity contribution is -0.121. The third-order valence-electron chi connectivity index (χ3n) is 1.76. The maximum atomic E-state index is 11.2. The van der Waals surface area contributed by atoms with Crippen LogP contribution in [0.5, 0.6) is 0 Å². The summed E-state index contributed by atoms with van der Waals surface area (Å²) in [4.78, 5) is 13.3. The predicted octanol–water partition coefficient (Wildman–Crippen LogP) is 1.23. The van der Waals surface area contributed by atoms with Crippen molar-refractivity contribution in [2.75, 3.05) is 26.0 Å². The minimum atomic E-state index is 0.130. The molecule has 0 heterocycles. The first-order valence-electron chi connectivity index (χ1n) is 4.60. The van der Waals surface area contributed by atoms with Crippen molar-refractivity contribution < 1.29 is 4.79 Å². The molecule has 1 unspecified atom stereocenters. The van der Waals surface area contributed by atoms with Crippen molar-refractivity contribution in [2.24, 2.45) is 0 Å². The molecule has 3 nitrogen and oxygen atoms in total. The van der Waals surface area contributed by atoms with Crippen LogP contribution in [0.3, 0.4) is 0 Å². The highest BCUT2D eigenvalue weighted by Crippen LogP contribution is 1.95. The molecule has 0 rings (SSSR count). The van der Waals surface area contributed by atoms with Crippen LogP contribution >= 0.6 is 15.9 Å². The second-order valence-corrected chi connectivity index (χ2v) is 4.17. The Hall–Kier alpha value is -0.0900. The highest BCUT2D eigenvalue weighted by molar-refractivity contribution is 9.09. The molecule has 13 heavy (non-hydrogen) atoms. The number of likely N-dealkylation sites (N-methyl/N-ethyl adjacent to an activating group) is 1. The summed E-state index contributed by atoms with van der Waals surface area (Å²) in [6, 6.07) is 0.279. The van der Waals surface area contributed by atoms with E-state index in [1.54, 1.807) is 0 Å². The summed E-state index contributed by atoms with van der Waals surface area (Å²) in [7, 11) is 4.03. The number of rotatable bonds is 6. The van der Waals surface area contributed by atoms with Crippen molar-refractivity contribution in [3.63, 3.8) is 0 Å². The monoisotopic (exact) mass is 250 g/mol. The molecular formula is C9H19BrN2O. The van der Waals surface area contributed by atoms with E-state index in [4.69, 9.17) is 0 Å². The molecule has 0 aromatic rings. The van der Waals surface area contributed by atoms with Crippen LogP contribution in [0, 0.1) is 0 Å². The van der Waals surface area contributed by atoms with Gasteiger partial charge in [0.25, 0.3) is 0 Å². The molecule has 0 radical (unpaired) electrons. The van der Waals surface area contributed by atoms with Crippen LogP contribution in [0.25, 0.3) is 0 Å². The molecule has 0 aliphatic rings. The third kappa shape index (κ3) is 7.02. The minimum Gasteiger partial charge on any atom is -0.352 e. The zero-order valence-corrected chi connectivity index (χ0v) is 10.2. The molecule has 0 spiro atoms. The van der Waals surface area contributed by atoms with E-state index in [1.807, 2.05) is 14.1 Å². The maximum Gasteiger partial charge on any atom is 0.221 e. The van der Waals surface area contributed by atoms with Gasteiger partial charge in [-0.1, -0.05) is 22.9 Å². The van der Waals surface area contributed by atoms with Crippen LogP contribution in [-0.4, -0.2) is 42.8 Å². The molecule has 0 aromatic heterocycles. The maximum absolute atomic E-state index is 11.2. The van der Waals surface area contributed by atoms with E-state index < -0.39 is 0 Å². The van der Waals surface area contributed by atoms with E-state index in [0.717, 1.165) is 18.3 Å². The Morgan fingerprint density at radius 1 is 1.54 bits per heavy atom. The number of nitrogens with zero attached hydrogens (tertiary/aromatic N) is 1. The molecule has 0 saturated heterocycles. The molecule has 1 atom stereocenters. The van der Waals surface area contributed by atoms with Crippen LogP contribution in [0.2, 0.25) is 0 Å². The van der Waals surface area contributed by atoms with E-state index in [9.17, 15) is 4.79 Å². The topological polar surface area (TPSA) is 32.3 Å². The first-order chi connectivity index (χ1) is 6.10. The average Bonchev–Trinajstić information content (AvgIpc) is 2.02. The van der Waals surface area contributed by atoms with Crippen molar-refractivity contribution in [3.05, 3.63) is 0 Å². The Balaban J connectivity index is 3.76. The molecule has 0 saturated carbocycles. The van der Waals surface area contributed by atoms with Gasteiger partial charge >= 0.3 is 0 Å². The normalized spacial score (nSPS) is 13.0. The van der Waals surface area contributed by atoms with E-state index in [-0.39, 0.29) is 11.9 Å². The molecule has 4 heteroatoms. The van der Waals surface area contributed by atoms with Gasteiger partial charge in [-0.05, 0) is 20.5 Å². The zero-order valence-electron chi connectivity index (χ0n) is 8.64. The molecule has 0 aliphatic heterocycles. The van der Waals surface area contributed by atoms with Gasteiger partial charge < -0.3 is 10.2 Å². The molecule has 0 aliphatic carbocycles. The lowest BCUT2D eigenvalue weighted by Crippen LogP contribution is -2.41. The fourth-order valence-corrected chi connectivity index (χ4v) is 1.46. The SMILES string of the molecule is CCC(CN(C)C)NC(=O)CCBr. The summed E-state index contributed by atoms with van der Waals surface area (Å²) in [5.41, 5.74) is 0. The summed E-state index contributed by atoms with van der Waals surface area (Å²) in [6.07, 6.45) is 1.54. The lowest BCUT2D eigenvalue weighted by Gasteiger charge is -2.20. The van der Waals surface area contributed by atoms with E-state index in [0.29, 0.717) is 6.42 Å². The van der Waals surface area contributed by atoms with Gasteiger partial charge in [-0.25, -0.2) is 0 Å². The summed E-state index contributed by atoms with van der Waals surface area (Å²) < 4.78 is 0. The van der Waals surface area contributed by atoms with Crippen molar-refractivity contribution in [2.45, 2.75) is 25.8 Å². The second-order valence-electron chi connectivity index (χ2n) is 3.37. The van der Waals surface area contributed by atoms with E-state index in [2.05, 4.69) is 33.1 Å². The zero-order chi connectivity index (χ0) is 10.3. The Morgan fingerprint density at radius 2 is 2.15 bits per heavy atom. The lowest BCUT2D eigenvalue weighted by atomic mass is 10.2. The average molecular weight is 251 g/mol. The number of hydrogen-bond donors (Lipinski definition) is 1. The number of nitrogens with one attached hydrogen (secondary N) is 1. The van der Waals surface area contributed by atoms with Gasteiger partial charge in [0.15, 0.2) is 0 Å². The van der Waals surface area contributed by atoms with Crippen molar-refractivity contribution in [1.82, 2.24) is 10.2 Å². The largest absolute Gasteiger partial charge is 0.352 e. The van der Waals surface area contributed by atoms with Gasteiger partial charge in [0, 0.05) is 24.3 Å².